The second-order valence-electron chi connectivity index (χ2n) is 2.92. The standard InChI is InChI=1S/C9H12Br2N2O/c1-2-7(5-14)13-9-8(11)3-6(10)4-12-9/h3-4,7,14H,2,5H2,1H3,(H,12,13). The molecule has 2 N–H and O–H groups in total. The number of hydrogen-bond donors (Lipinski definition) is 2. The van der Waals surface area contributed by atoms with E-state index in [2.05, 4.69) is 42.2 Å². The molecule has 0 aliphatic carbocycles. The first-order valence-electron chi connectivity index (χ1n) is 4.35. The zero-order valence-corrected chi connectivity index (χ0v) is 11.0. The summed E-state index contributed by atoms with van der Waals surface area (Å²) < 4.78 is 1.81. The van der Waals surface area contributed by atoms with E-state index in [0.717, 1.165) is 21.2 Å². The van der Waals surface area contributed by atoms with Crippen LogP contribution >= 0.6 is 31.9 Å². The molecular weight excluding hydrogens is 312 g/mol. The Bertz CT molecular complexity index is 303. The Morgan fingerprint density at radius 1 is 1.57 bits per heavy atom. The van der Waals surface area contributed by atoms with Crippen LogP contribution in [-0.2, 0) is 0 Å². The van der Waals surface area contributed by atoms with Crippen molar-refractivity contribution in [3.8, 4) is 0 Å². The number of nitrogens with one attached hydrogen (secondary N) is 1. The summed E-state index contributed by atoms with van der Waals surface area (Å²) >= 11 is 6.72. The minimum atomic E-state index is 0.0555. The molecule has 0 aliphatic rings. The molecule has 0 saturated carbocycles. The molecule has 3 nitrogen and oxygen atoms in total. The van der Waals surface area contributed by atoms with Crippen LogP contribution in [0.1, 0.15) is 13.3 Å². The minimum absolute atomic E-state index is 0.0555. The normalized spacial score (nSPS) is 12.6. The Hall–Kier alpha value is -0.130. The fourth-order valence-electron chi connectivity index (χ4n) is 0.991. The van der Waals surface area contributed by atoms with Gasteiger partial charge < -0.3 is 10.4 Å². The summed E-state index contributed by atoms with van der Waals surface area (Å²) in [5.74, 6) is 0.758. The lowest BCUT2D eigenvalue weighted by Crippen LogP contribution is -2.23. The van der Waals surface area contributed by atoms with Gasteiger partial charge in [0.2, 0.25) is 0 Å². The lowest BCUT2D eigenvalue weighted by atomic mass is 10.2. The Labute approximate surface area is 100 Å². The second kappa shape index (κ2) is 5.68. The monoisotopic (exact) mass is 322 g/mol. The minimum Gasteiger partial charge on any atom is -0.394 e. The van der Waals surface area contributed by atoms with Crippen molar-refractivity contribution in [2.45, 2.75) is 19.4 Å². The molecule has 0 bridgehead atoms. The molecule has 5 heteroatoms. The molecule has 14 heavy (non-hydrogen) atoms. The van der Waals surface area contributed by atoms with Gasteiger partial charge in [-0.15, -0.1) is 0 Å². The molecular formula is C9H12Br2N2O. The largest absolute Gasteiger partial charge is 0.394 e. The van der Waals surface area contributed by atoms with Crippen LogP contribution in [0.25, 0.3) is 0 Å². The molecule has 0 saturated heterocycles. The molecule has 0 radical (unpaired) electrons. The highest BCUT2D eigenvalue weighted by Gasteiger charge is 2.07. The van der Waals surface area contributed by atoms with E-state index in [1.54, 1.807) is 6.20 Å². The van der Waals surface area contributed by atoms with Crippen LogP contribution in [0.15, 0.2) is 21.2 Å². The maximum absolute atomic E-state index is 9.02. The first-order valence-corrected chi connectivity index (χ1v) is 5.94. The van der Waals surface area contributed by atoms with Crippen LogP contribution in [-0.4, -0.2) is 22.7 Å². The fourth-order valence-corrected chi connectivity index (χ4v) is 2.09. The van der Waals surface area contributed by atoms with Crippen molar-refractivity contribution in [3.63, 3.8) is 0 Å². The predicted octanol–water partition coefficient (Wildman–Crippen LogP) is 2.79. The van der Waals surface area contributed by atoms with Crippen molar-refractivity contribution in [1.29, 1.82) is 0 Å². The van der Waals surface area contributed by atoms with E-state index in [1.165, 1.54) is 0 Å². The third-order valence-electron chi connectivity index (χ3n) is 1.86. The van der Waals surface area contributed by atoms with Gasteiger partial charge in [0.15, 0.2) is 0 Å². The van der Waals surface area contributed by atoms with Gasteiger partial charge in [-0.25, -0.2) is 4.98 Å². The molecule has 1 aromatic rings. The number of aliphatic hydroxyl groups excluding tert-OH is 1. The summed E-state index contributed by atoms with van der Waals surface area (Å²) in [6, 6.07) is 1.97. The molecule has 1 atom stereocenters. The van der Waals surface area contributed by atoms with Crippen molar-refractivity contribution in [2.75, 3.05) is 11.9 Å². The smallest absolute Gasteiger partial charge is 0.140 e. The van der Waals surface area contributed by atoms with Crippen molar-refractivity contribution in [1.82, 2.24) is 4.98 Å². The Balaban J connectivity index is 2.76. The lowest BCUT2D eigenvalue weighted by molar-refractivity contribution is 0.271. The van der Waals surface area contributed by atoms with Crippen LogP contribution in [0.4, 0.5) is 5.82 Å². The molecule has 0 amide bonds. The number of pyridine rings is 1. The van der Waals surface area contributed by atoms with E-state index in [4.69, 9.17) is 5.11 Å². The van der Waals surface area contributed by atoms with E-state index in [-0.39, 0.29) is 12.6 Å². The number of anilines is 1. The Kier molecular flexibility index (Phi) is 4.84. The maximum atomic E-state index is 9.02. The first kappa shape index (κ1) is 11.9. The summed E-state index contributed by atoms with van der Waals surface area (Å²) in [5, 5.41) is 12.2. The SMILES string of the molecule is CCC(CO)Nc1ncc(Br)cc1Br. The van der Waals surface area contributed by atoms with Gasteiger partial charge in [0.1, 0.15) is 5.82 Å². The topological polar surface area (TPSA) is 45.1 Å². The van der Waals surface area contributed by atoms with Gasteiger partial charge in [-0.05, 0) is 44.3 Å². The lowest BCUT2D eigenvalue weighted by Gasteiger charge is -2.15. The van der Waals surface area contributed by atoms with Crippen LogP contribution in [0.5, 0.6) is 0 Å². The van der Waals surface area contributed by atoms with Gasteiger partial charge in [0.25, 0.3) is 0 Å². The average Bonchev–Trinajstić information content (AvgIpc) is 2.17. The van der Waals surface area contributed by atoms with E-state index in [9.17, 15) is 0 Å². The van der Waals surface area contributed by atoms with Crippen LogP contribution in [0.2, 0.25) is 0 Å². The Morgan fingerprint density at radius 3 is 2.79 bits per heavy atom. The number of nitrogens with zero attached hydrogens (tertiary/aromatic N) is 1. The van der Waals surface area contributed by atoms with Crippen LogP contribution < -0.4 is 5.32 Å². The van der Waals surface area contributed by atoms with E-state index < -0.39 is 0 Å². The summed E-state index contributed by atoms with van der Waals surface area (Å²) in [5.41, 5.74) is 0. The highest BCUT2D eigenvalue weighted by atomic mass is 79.9. The van der Waals surface area contributed by atoms with Crippen LogP contribution in [0, 0.1) is 0 Å². The highest BCUT2D eigenvalue weighted by Crippen LogP contribution is 2.24. The van der Waals surface area contributed by atoms with Crippen molar-refractivity contribution >= 4 is 37.7 Å². The molecule has 0 fully saturated rings. The van der Waals surface area contributed by atoms with Gasteiger partial charge in [0.05, 0.1) is 17.1 Å². The molecule has 1 aromatic heterocycles. The van der Waals surface area contributed by atoms with Crippen molar-refractivity contribution in [2.24, 2.45) is 0 Å². The van der Waals surface area contributed by atoms with E-state index in [1.807, 2.05) is 13.0 Å². The van der Waals surface area contributed by atoms with E-state index >= 15 is 0 Å². The third-order valence-corrected chi connectivity index (χ3v) is 2.90. The number of halogens is 2. The summed E-state index contributed by atoms with van der Waals surface area (Å²) in [4.78, 5) is 4.20. The predicted molar refractivity (Wildman–Crippen MR) is 64.4 cm³/mol. The maximum Gasteiger partial charge on any atom is 0.140 e. The van der Waals surface area contributed by atoms with Crippen molar-refractivity contribution < 1.29 is 5.11 Å². The van der Waals surface area contributed by atoms with Gasteiger partial charge in [0, 0.05) is 10.7 Å². The molecule has 0 aromatic carbocycles. The van der Waals surface area contributed by atoms with Gasteiger partial charge in [-0.3, -0.25) is 0 Å². The molecule has 0 aliphatic heterocycles. The van der Waals surface area contributed by atoms with Crippen LogP contribution in [0.3, 0.4) is 0 Å². The number of aromatic nitrogens is 1. The highest BCUT2D eigenvalue weighted by molar-refractivity contribution is 9.11. The van der Waals surface area contributed by atoms with Gasteiger partial charge in [-0.2, -0.15) is 0 Å². The molecule has 1 unspecified atom stereocenters. The zero-order chi connectivity index (χ0) is 10.6. The zero-order valence-electron chi connectivity index (χ0n) is 7.80. The van der Waals surface area contributed by atoms with E-state index in [0.29, 0.717) is 0 Å². The van der Waals surface area contributed by atoms with Gasteiger partial charge in [-0.1, -0.05) is 6.92 Å². The quantitative estimate of drug-likeness (QED) is 0.895. The van der Waals surface area contributed by atoms with Crippen molar-refractivity contribution in [3.05, 3.63) is 21.2 Å². The number of aliphatic hydroxyl groups is 1. The average molecular weight is 324 g/mol. The second-order valence-corrected chi connectivity index (χ2v) is 4.69. The fraction of sp³-hybridized carbons (Fsp3) is 0.444. The molecule has 78 valence electrons. The molecule has 1 heterocycles. The third kappa shape index (κ3) is 3.22. The summed E-state index contributed by atoms with van der Waals surface area (Å²) in [6.45, 7) is 2.13. The summed E-state index contributed by atoms with van der Waals surface area (Å²) in [7, 11) is 0. The first-order chi connectivity index (χ1) is 6.67. The number of rotatable bonds is 4. The summed E-state index contributed by atoms with van der Waals surface area (Å²) in [6.07, 6.45) is 2.58. The van der Waals surface area contributed by atoms with Gasteiger partial charge >= 0.3 is 0 Å². The number of hydrogen-bond acceptors (Lipinski definition) is 3. The Morgan fingerprint density at radius 2 is 2.29 bits per heavy atom. The molecule has 1 rings (SSSR count). The molecule has 0 spiro atoms.